The van der Waals surface area contributed by atoms with Crippen molar-refractivity contribution < 1.29 is 13.2 Å². The summed E-state index contributed by atoms with van der Waals surface area (Å²) < 4.78 is 32.6. The Kier molecular flexibility index (Phi) is 5.27. The molecular weight excluding hydrogens is 378 g/mol. The minimum Gasteiger partial charge on any atom is -0.497 e. The molecule has 0 aliphatic rings. The summed E-state index contributed by atoms with van der Waals surface area (Å²) in [4.78, 5) is 0.154. The third-order valence-electron chi connectivity index (χ3n) is 2.80. The first-order chi connectivity index (χ1) is 9.92. The molecule has 0 unspecified atom stereocenters. The van der Waals surface area contributed by atoms with Gasteiger partial charge in [-0.1, -0.05) is 23.7 Å². The van der Waals surface area contributed by atoms with Crippen LogP contribution in [0.5, 0.6) is 5.75 Å². The molecule has 0 fully saturated rings. The highest BCUT2D eigenvalue weighted by molar-refractivity contribution is 9.10. The molecule has 21 heavy (non-hydrogen) atoms. The normalized spacial score (nSPS) is 11.4. The maximum absolute atomic E-state index is 12.2. The molecule has 0 amide bonds. The number of hydrogen-bond acceptors (Lipinski definition) is 3. The Bertz CT molecular complexity index is 750. The molecule has 2 rings (SSSR count). The van der Waals surface area contributed by atoms with Crippen LogP contribution in [0.25, 0.3) is 0 Å². The van der Waals surface area contributed by atoms with Crippen LogP contribution in [0.1, 0.15) is 5.56 Å². The summed E-state index contributed by atoms with van der Waals surface area (Å²) in [6, 6.07) is 11.7. The molecule has 0 aliphatic heterocycles. The SMILES string of the molecule is COc1cccc(CNS(=O)(=O)c2ccc(Cl)c(Br)c2)c1. The number of nitrogens with one attached hydrogen (secondary N) is 1. The lowest BCUT2D eigenvalue weighted by atomic mass is 10.2. The van der Waals surface area contributed by atoms with Gasteiger partial charge >= 0.3 is 0 Å². The fraction of sp³-hybridized carbons (Fsp3) is 0.143. The molecular formula is C14H13BrClNO3S. The molecule has 0 radical (unpaired) electrons. The van der Waals surface area contributed by atoms with Gasteiger partial charge in [-0.3, -0.25) is 0 Å². The highest BCUT2D eigenvalue weighted by Gasteiger charge is 2.15. The van der Waals surface area contributed by atoms with Gasteiger partial charge in [-0.05, 0) is 51.8 Å². The Hall–Kier alpha value is -1.08. The number of sulfonamides is 1. The van der Waals surface area contributed by atoms with Crippen LogP contribution in [0.4, 0.5) is 0 Å². The second-order valence-corrected chi connectivity index (χ2v) is 7.28. The second-order valence-electron chi connectivity index (χ2n) is 4.25. The average Bonchev–Trinajstić information content (AvgIpc) is 2.48. The number of benzene rings is 2. The van der Waals surface area contributed by atoms with E-state index in [0.29, 0.717) is 15.2 Å². The van der Waals surface area contributed by atoms with E-state index < -0.39 is 10.0 Å². The summed E-state index contributed by atoms with van der Waals surface area (Å²) in [5.74, 6) is 0.681. The van der Waals surface area contributed by atoms with Crippen LogP contribution in [0.2, 0.25) is 5.02 Å². The summed E-state index contributed by atoms with van der Waals surface area (Å²) in [5.41, 5.74) is 0.811. The number of hydrogen-bond donors (Lipinski definition) is 1. The topological polar surface area (TPSA) is 55.4 Å². The Morgan fingerprint density at radius 1 is 1.24 bits per heavy atom. The molecule has 0 spiro atoms. The number of rotatable bonds is 5. The van der Waals surface area contributed by atoms with E-state index in [0.717, 1.165) is 5.56 Å². The van der Waals surface area contributed by atoms with Gasteiger partial charge in [-0.25, -0.2) is 13.1 Å². The van der Waals surface area contributed by atoms with Crippen molar-refractivity contribution in [2.75, 3.05) is 7.11 Å². The van der Waals surface area contributed by atoms with Gasteiger partial charge in [0.2, 0.25) is 10.0 Å². The van der Waals surface area contributed by atoms with E-state index in [1.165, 1.54) is 18.2 Å². The molecule has 0 atom stereocenters. The number of methoxy groups -OCH3 is 1. The van der Waals surface area contributed by atoms with Crippen LogP contribution in [0, 0.1) is 0 Å². The van der Waals surface area contributed by atoms with E-state index in [9.17, 15) is 8.42 Å². The standard InChI is InChI=1S/C14H13BrClNO3S/c1-20-11-4-2-3-10(7-11)9-17-21(18,19)12-5-6-14(16)13(15)8-12/h2-8,17H,9H2,1H3. The fourth-order valence-electron chi connectivity index (χ4n) is 1.69. The quantitative estimate of drug-likeness (QED) is 0.849. The van der Waals surface area contributed by atoms with Crippen LogP contribution >= 0.6 is 27.5 Å². The lowest BCUT2D eigenvalue weighted by Gasteiger charge is -2.09. The van der Waals surface area contributed by atoms with Gasteiger partial charge in [0.15, 0.2) is 0 Å². The van der Waals surface area contributed by atoms with Gasteiger partial charge < -0.3 is 4.74 Å². The molecule has 1 N–H and O–H groups in total. The third-order valence-corrected chi connectivity index (χ3v) is 5.41. The molecule has 4 nitrogen and oxygen atoms in total. The van der Waals surface area contributed by atoms with E-state index in [-0.39, 0.29) is 11.4 Å². The molecule has 0 heterocycles. The molecule has 7 heteroatoms. The lowest BCUT2D eigenvalue weighted by Crippen LogP contribution is -2.23. The summed E-state index contributed by atoms with van der Waals surface area (Å²) in [7, 11) is -2.03. The second kappa shape index (κ2) is 6.79. The predicted octanol–water partition coefficient (Wildman–Crippen LogP) is 3.59. The Balaban J connectivity index is 2.15. The van der Waals surface area contributed by atoms with Crippen molar-refractivity contribution >= 4 is 37.6 Å². The van der Waals surface area contributed by atoms with Gasteiger partial charge in [0.05, 0.1) is 17.0 Å². The Morgan fingerprint density at radius 3 is 2.67 bits per heavy atom. The lowest BCUT2D eigenvalue weighted by molar-refractivity contribution is 0.414. The van der Waals surface area contributed by atoms with Gasteiger partial charge in [0.1, 0.15) is 5.75 Å². The summed E-state index contributed by atoms with van der Waals surface area (Å²) >= 11 is 9.07. The summed E-state index contributed by atoms with van der Waals surface area (Å²) in [5, 5.41) is 0.460. The van der Waals surface area contributed by atoms with Crippen LogP contribution < -0.4 is 9.46 Å². The van der Waals surface area contributed by atoms with E-state index in [2.05, 4.69) is 20.7 Å². The van der Waals surface area contributed by atoms with E-state index in [1.807, 2.05) is 6.07 Å². The maximum Gasteiger partial charge on any atom is 0.240 e. The highest BCUT2D eigenvalue weighted by atomic mass is 79.9. The smallest absolute Gasteiger partial charge is 0.240 e. The molecule has 112 valence electrons. The van der Waals surface area contributed by atoms with Crippen LogP contribution in [0.3, 0.4) is 0 Å². The number of ether oxygens (including phenoxy) is 1. The van der Waals surface area contributed by atoms with Crippen molar-refractivity contribution in [1.82, 2.24) is 4.72 Å². The van der Waals surface area contributed by atoms with Crippen molar-refractivity contribution in [3.63, 3.8) is 0 Å². The van der Waals surface area contributed by atoms with E-state index in [1.54, 1.807) is 25.3 Å². The van der Waals surface area contributed by atoms with Crippen LogP contribution in [-0.2, 0) is 16.6 Å². The fourth-order valence-corrected chi connectivity index (χ4v) is 3.38. The third kappa shape index (κ3) is 4.20. The summed E-state index contributed by atoms with van der Waals surface area (Å²) in [6.07, 6.45) is 0. The monoisotopic (exact) mass is 389 g/mol. The van der Waals surface area contributed by atoms with Gasteiger partial charge in [0, 0.05) is 11.0 Å². The molecule has 2 aromatic carbocycles. The highest BCUT2D eigenvalue weighted by Crippen LogP contribution is 2.25. The van der Waals surface area contributed by atoms with Crippen molar-refractivity contribution in [2.45, 2.75) is 11.4 Å². The van der Waals surface area contributed by atoms with Crippen LogP contribution in [0.15, 0.2) is 51.8 Å². The largest absolute Gasteiger partial charge is 0.497 e. The molecule has 0 aliphatic carbocycles. The minimum absolute atomic E-state index is 0.154. The molecule has 0 aromatic heterocycles. The van der Waals surface area contributed by atoms with Gasteiger partial charge in [-0.15, -0.1) is 0 Å². The average molecular weight is 391 g/mol. The molecule has 0 saturated heterocycles. The van der Waals surface area contributed by atoms with Crippen LogP contribution in [-0.4, -0.2) is 15.5 Å². The molecule has 0 saturated carbocycles. The first kappa shape index (κ1) is 16.3. The zero-order chi connectivity index (χ0) is 15.5. The van der Waals surface area contributed by atoms with Gasteiger partial charge in [0.25, 0.3) is 0 Å². The first-order valence-electron chi connectivity index (χ1n) is 6.00. The van der Waals surface area contributed by atoms with E-state index >= 15 is 0 Å². The zero-order valence-corrected chi connectivity index (χ0v) is 14.3. The molecule has 2 aromatic rings. The van der Waals surface area contributed by atoms with Crippen molar-refractivity contribution in [3.05, 3.63) is 57.5 Å². The van der Waals surface area contributed by atoms with Gasteiger partial charge in [-0.2, -0.15) is 0 Å². The van der Waals surface area contributed by atoms with E-state index in [4.69, 9.17) is 16.3 Å². The predicted molar refractivity (Wildman–Crippen MR) is 86.2 cm³/mol. The Morgan fingerprint density at radius 2 is 2.00 bits per heavy atom. The Labute approximate surface area is 137 Å². The van der Waals surface area contributed by atoms with Crippen molar-refractivity contribution in [2.24, 2.45) is 0 Å². The first-order valence-corrected chi connectivity index (χ1v) is 8.65. The summed E-state index contributed by atoms with van der Waals surface area (Å²) in [6.45, 7) is 0.180. The minimum atomic E-state index is -3.60. The van der Waals surface area contributed by atoms with Crippen molar-refractivity contribution in [1.29, 1.82) is 0 Å². The zero-order valence-electron chi connectivity index (χ0n) is 11.1. The maximum atomic E-state index is 12.2. The molecule has 0 bridgehead atoms. The number of halogens is 2. The van der Waals surface area contributed by atoms with Crippen molar-refractivity contribution in [3.8, 4) is 5.75 Å².